The van der Waals surface area contributed by atoms with E-state index in [1.54, 1.807) is 0 Å². The van der Waals surface area contributed by atoms with E-state index in [9.17, 15) is 4.79 Å². The molecule has 1 aliphatic rings. The molecule has 0 spiro atoms. The van der Waals surface area contributed by atoms with Crippen molar-refractivity contribution in [3.63, 3.8) is 0 Å². The third-order valence-electron chi connectivity index (χ3n) is 3.74. The van der Waals surface area contributed by atoms with Crippen molar-refractivity contribution in [1.29, 1.82) is 0 Å². The van der Waals surface area contributed by atoms with Gasteiger partial charge in [0.25, 0.3) is 0 Å². The van der Waals surface area contributed by atoms with Crippen LogP contribution in [0.25, 0.3) is 5.65 Å². The Kier molecular flexibility index (Phi) is 3.53. The first-order valence-corrected chi connectivity index (χ1v) is 7.45. The largest absolute Gasteiger partial charge is 0.365 e. The van der Waals surface area contributed by atoms with E-state index < -0.39 is 0 Å². The molecular weight excluding hydrogens is 266 g/mol. The van der Waals surface area contributed by atoms with Gasteiger partial charge in [0.05, 0.1) is 11.7 Å². The van der Waals surface area contributed by atoms with Gasteiger partial charge in [-0.1, -0.05) is 6.92 Å². The molecule has 1 amide bonds. The van der Waals surface area contributed by atoms with E-state index in [1.807, 2.05) is 35.4 Å². The number of amides is 1. The minimum absolute atomic E-state index is 0.138. The number of nitrogens with one attached hydrogen (secondary N) is 1. The van der Waals surface area contributed by atoms with E-state index in [1.165, 1.54) is 0 Å². The topological polar surface area (TPSA) is 62.5 Å². The molecule has 1 saturated heterocycles. The molecule has 3 rings (SSSR count). The van der Waals surface area contributed by atoms with Crippen molar-refractivity contribution in [3.05, 3.63) is 23.5 Å². The number of aromatic nitrogens is 3. The van der Waals surface area contributed by atoms with Gasteiger partial charge >= 0.3 is 0 Å². The van der Waals surface area contributed by atoms with Gasteiger partial charge in [-0.05, 0) is 20.3 Å². The molecule has 6 heteroatoms. The van der Waals surface area contributed by atoms with Gasteiger partial charge in [-0.2, -0.15) is 9.61 Å². The average molecular weight is 287 g/mol. The number of aryl methyl sites for hydroxylation is 2. The Morgan fingerprint density at radius 3 is 2.90 bits per heavy atom. The van der Waals surface area contributed by atoms with Crippen molar-refractivity contribution in [2.75, 3.05) is 18.4 Å². The number of hydrogen-bond donors (Lipinski definition) is 1. The standard InChI is InChI=1S/C15H21N5O/c1-4-5-19-9-12(8-15(19)21)17-14-6-10(2)16-13-7-11(3)18-20(13)14/h6-7,12,17H,4-5,8-9H2,1-3H3/t12-/m1/s1. The summed E-state index contributed by atoms with van der Waals surface area (Å²) in [5, 5.41) is 7.92. The van der Waals surface area contributed by atoms with Crippen LogP contribution in [0, 0.1) is 13.8 Å². The Hall–Kier alpha value is -2.11. The molecule has 3 heterocycles. The van der Waals surface area contributed by atoms with E-state index in [4.69, 9.17) is 0 Å². The second kappa shape index (κ2) is 5.35. The Morgan fingerprint density at radius 2 is 2.14 bits per heavy atom. The fourth-order valence-electron chi connectivity index (χ4n) is 2.88. The predicted octanol–water partition coefficient (Wildman–Crippen LogP) is 1.77. The number of carbonyl (C=O) groups is 1. The molecular formula is C15H21N5O. The van der Waals surface area contributed by atoms with Crippen LogP contribution in [0.1, 0.15) is 31.2 Å². The van der Waals surface area contributed by atoms with Gasteiger partial charge in [-0.15, -0.1) is 0 Å². The van der Waals surface area contributed by atoms with Crippen LogP contribution < -0.4 is 5.32 Å². The molecule has 0 bridgehead atoms. The minimum atomic E-state index is 0.138. The molecule has 1 atom stereocenters. The van der Waals surface area contributed by atoms with Crippen molar-refractivity contribution in [2.45, 2.75) is 39.7 Å². The quantitative estimate of drug-likeness (QED) is 0.931. The Morgan fingerprint density at radius 1 is 1.33 bits per heavy atom. The van der Waals surface area contributed by atoms with Gasteiger partial charge in [0, 0.05) is 37.3 Å². The fraction of sp³-hybridized carbons (Fsp3) is 0.533. The third-order valence-corrected chi connectivity index (χ3v) is 3.74. The number of likely N-dealkylation sites (tertiary alicyclic amines) is 1. The first-order valence-electron chi connectivity index (χ1n) is 7.45. The molecule has 112 valence electrons. The molecule has 2 aromatic rings. The van der Waals surface area contributed by atoms with Gasteiger partial charge in [-0.3, -0.25) is 4.79 Å². The number of nitrogens with zero attached hydrogens (tertiary/aromatic N) is 4. The maximum Gasteiger partial charge on any atom is 0.224 e. The Labute approximate surface area is 124 Å². The van der Waals surface area contributed by atoms with E-state index in [0.717, 1.165) is 42.4 Å². The summed E-state index contributed by atoms with van der Waals surface area (Å²) in [7, 11) is 0. The molecule has 6 nitrogen and oxygen atoms in total. The highest BCUT2D eigenvalue weighted by atomic mass is 16.2. The predicted molar refractivity (Wildman–Crippen MR) is 81.4 cm³/mol. The molecule has 0 saturated carbocycles. The molecule has 1 N–H and O–H groups in total. The summed E-state index contributed by atoms with van der Waals surface area (Å²) in [6.07, 6.45) is 1.54. The van der Waals surface area contributed by atoms with Gasteiger partial charge in [0.2, 0.25) is 5.91 Å². The first-order chi connectivity index (χ1) is 10.1. The zero-order valence-corrected chi connectivity index (χ0v) is 12.8. The summed E-state index contributed by atoms with van der Waals surface area (Å²) in [6, 6.07) is 4.08. The summed E-state index contributed by atoms with van der Waals surface area (Å²) < 4.78 is 1.81. The van der Waals surface area contributed by atoms with Crippen LogP contribution in [0.2, 0.25) is 0 Å². The lowest BCUT2D eigenvalue weighted by Crippen LogP contribution is -2.29. The summed E-state index contributed by atoms with van der Waals surface area (Å²) >= 11 is 0. The van der Waals surface area contributed by atoms with Crippen molar-refractivity contribution in [3.8, 4) is 0 Å². The zero-order chi connectivity index (χ0) is 15.0. The number of anilines is 1. The lowest BCUT2D eigenvalue weighted by molar-refractivity contribution is -0.127. The van der Waals surface area contributed by atoms with Crippen molar-refractivity contribution < 1.29 is 4.79 Å². The van der Waals surface area contributed by atoms with Crippen LogP contribution in [0.5, 0.6) is 0 Å². The fourth-order valence-corrected chi connectivity index (χ4v) is 2.88. The van der Waals surface area contributed by atoms with Gasteiger partial charge in [0.15, 0.2) is 5.65 Å². The normalized spacial score (nSPS) is 18.7. The van der Waals surface area contributed by atoms with Crippen molar-refractivity contribution >= 4 is 17.4 Å². The second-order valence-electron chi connectivity index (χ2n) is 5.72. The maximum atomic E-state index is 12.0. The van der Waals surface area contributed by atoms with Gasteiger partial charge in [0.1, 0.15) is 5.82 Å². The van der Waals surface area contributed by atoms with Crippen LogP contribution >= 0.6 is 0 Å². The zero-order valence-electron chi connectivity index (χ0n) is 12.8. The van der Waals surface area contributed by atoms with Crippen LogP contribution in [0.15, 0.2) is 12.1 Å². The lowest BCUT2D eigenvalue weighted by atomic mass is 10.2. The first kappa shape index (κ1) is 13.9. The lowest BCUT2D eigenvalue weighted by Gasteiger charge is -2.17. The maximum absolute atomic E-state index is 12.0. The average Bonchev–Trinajstić information content (AvgIpc) is 2.93. The van der Waals surface area contributed by atoms with E-state index >= 15 is 0 Å². The van der Waals surface area contributed by atoms with E-state index in [-0.39, 0.29) is 11.9 Å². The molecule has 0 unspecified atom stereocenters. The second-order valence-corrected chi connectivity index (χ2v) is 5.72. The van der Waals surface area contributed by atoms with Crippen molar-refractivity contribution in [2.24, 2.45) is 0 Å². The summed E-state index contributed by atoms with van der Waals surface area (Å²) in [5.41, 5.74) is 2.72. The molecule has 1 aliphatic heterocycles. The number of carbonyl (C=O) groups excluding carboxylic acids is 1. The van der Waals surface area contributed by atoms with Crippen LogP contribution in [-0.4, -0.2) is 44.5 Å². The highest BCUT2D eigenvalue weighted by Crippen LogP contribution is 2.19. The molecule has 1 fully saturated rings. The molecule has 2 aromatic heterocycles. The Balaban J connectivity index is 1.84. The number of hydrogen-bond acceptors (Lipinski definition) is 4. The summed E-state index contributed by atoms with van der Waals surface area (Å²) in [6.45, 7) is 7.61. The molecule has 0 aromatic carbocycles. The smallest absolute Gasteiger partial charge is 0.224 e. The van der Waals surface area contributed by atoms with Gasteiger partial charge < -0.3 is 10.2 Å². The highest BCUT2D eigenvalue weighted by Gasteiger charge is 2.29. The third kappa shape index (κ3) is 2.70. The van der Waals surface area contributed by atoms with Crippen LogP contribution in [-0.2, 0) is 4.79 Å². The monoisotopic (exact) mass is 287 g/mol. The SMILES string of the molecule is CCCN1C[C@H](Nc2cc(C)nc3cc(C)nn23)CC1=O. The van der Waals surface area contributed by atoms with E-state index in [0.29, 0.717) is 6.42 Å². The highest BCUT2D eigenvalue weighted by molar-refractivity contribution is 5.80. The summed E-state index contributed by atoms with van der Waals surface area (Å²) in [4.78, 5) is 18.4. The molecule has 21 heavy (non-hydrogen) atoms. The molecule has 0 aliphatic carbocycles. The van der Waals surface area contributed by atoms with Crippen LogP contribution in [0.4, 0.5) is 5.82 Å². The minimum Gasteiger partial charge on any atom is -0.365 e. The number of fused-ring (bicyclic) bond motifs is 1. The summed E-state index contributed by atoms with van der Waals surface area (Å²) in [5.74, 6) is 1.13. The molecule has 0 radical (unpaired) electrons. The van der Waals surface area contributed by atoms with E-state index in [2.05, 4.69) is 22.3 Å². The van der Waals surface area contributed by atoms with Crippen LogP contribution in [0.3, 0.4) is 0 Å². The number of rotatable bonds is 4. The Bertz CT molecular complexity index is 678. The van der Waals surface area contributed by atoms with Gasteiger partial charge in [-0.25, -0.2) is 4.98 Å². The van der Waals surface area contributed by atoms with Crippen molar-refractivity contribution in [1.82, 2.24) is 19.5 Å².